The topological polar surface area (TPSA) is 53.0 Å². The van der Waals surface area contributed by atoms with E-state index in [0.29, 0.717) is 18.7 Å². The summed E-state index contributed by atoms with van der Waals surface area (Å²) < 4.78 is 41.2. The summed E-state index contributed by atoms with van der Waals surface area (Å²) in [6.45, 7) is 4.09. The Kier molecular flexibility index (Phi) is 3.85. The van der Waals surface area contributed by atoms with Gasteiger partial charge in [0, 0.05) is 6.54 Å². The van der Waals surface area contributed by atoms with Crippen LogP contribution in [0.5, 0.6) is 0 Å². The van der Waals surface area contributed by atoms with E-state index < -0.39 is 17.3 Å². The van der Waals surface area contributed by atoms with Gasteiger partial charge in [-0.05, 0) is 31.5 Å². The molecule has 0 amide bonds. The van der Waals surface area contributed by atoms with Crippen LogP contribution in [0.25, 0.3) is 5.69 Å². The van der Waals surface area contributed by atoms with E-state index in [2.05, 4.69) is 0 Å². The summed E-state index contributed by atoms with van der Waals surface area (Å²) in [4.78, 5) is 12.2. The van der Waals surface area contributed by atoms with Crippen molar-refractivity contribution in [1.82, 2.24) is 9.36 Å². The summed E-state index contributed by atoms with van der Waals surface area (Å²) in [5.74, 6) is 0. The predicted molar refractivity (Wildman–Crippen MR) is 74.5 cm³/mol. The van der Waals surface area contributed by atoms with Gasteiger partial charge < -0.3 is 5.73 Å². The van der Waals surface area contributed by atoms with Crippen LogP contribution in [0.3, 0.4) is 0 Å². The van der Waals surface area contributed by atoms with Crippen molar-refractivity contribution >= 4 is 5.69 Å². The first-order valence-electron chi connectivity index (χ1n) is 6.59. The zero-order valence-electron chi connectivity index (χ0n) is 11.7. The van der Waals surface area contributed by atoms with Crippen molar-refractivity contribution in [2.24, 2.45) is 0 Å². The number of aromatic nitrogens is 2. The number of anilines is 1. The fraction of sp³-hybridized carbons (Fsp3) is 0.357. The highest BCUT2D eigenvalue weighted by Crippen LogP contribution is 2.30. The molecule has 0 aliphatic heterocycles. The largest absolute Gasteiger partial charge is 0.416 e. The van der Waals surface area contributed by atoms with Crippen LogP contribution in [-0.4, -0.2) is 9.36 Å². The van der Waals surface area contributed by atoms with Crippen LogP contribution in [0, 0.1) is 0 Å². The number of alkyl halides is 3. The van der Waals surface area contributed by atoms with Gasteiger partial charge in [0.25, 0.3) is 5.56 Å². The molecule has 2 rings (SSSR count). The molecule has 1 heterocycles. The average molecular weight is 299 g/mol. The Balaban J connectivity index is 2.71. The number of halogens is 3. The van der Waals surface area contributed by atoms with E-state index in [-0.39, 0.29) is 11.4 Å². The summed E-state index contributed by atoms with van der Waals surface area (Å²) >= 11 is 0. The smallest absolute Gasteiger partial charge is 0.393 e. The standard InChI is InChI=1S/C14H16F3N3O/c1-3-11-12(18)13(21)20(19(11)4-2)10-7-5-6-9(8-10)14(15,16)17/h5-8H,3-4,18H2,1-2H3. The number of hydrogen-bond acceptors (Lipinski definition) is 2. The summed E-state index contributed by atoms with van der Waals surface area (Å²) in [6.07, 6.45) is -3.93. The average Bonchev–Trinajstić information content (AvgIpc) is 2.69. The molecule has 4 nitrogen and oxygen atoms in total. The van der Waals surface area contributed by atoms with Crippen LogP contribution < -0.4 is 11.3 Å². The number of nitrogen functional groups attached to an aromatic ring is 1. The molecule has 0 atom stereocenters. The maximum atomic E-state index is 12.8. The predicted octanol–water partition coefficient (Wildman–Crippen LogP) is 2.82. The lowest BCUT2D eigenvalue weighted by Gasteiger charge is -2.14. The number of rotatable bonds is 3. The fourth-order valence-corrected chi connectivity index (χ4v) is 2.38. The number of nitrogens with zero attached hydrogens (tertiary/aromatic N) is 2. The molecular weight excluding hydrogens is 283 g/mol. The lowest BCUT2D eigenvalue weighted by atomic mass is 10.2. The molecule has 0 unspecified atom stereocenters. The molecule has 0 fully saturated rings. The van der Waals surface area contributed by atoms with Gasteiger partial charge >= 0.3 is 6.18 Å². The Bertz CT molecular complexity index is 713. The highest BCUT2D eigenvalue weighted by atomic mass is 19.4. The van der Waals surface area contributed by atoms with Gasteiger partial charge in [-0.25, -0.2) is 4.68 Å². The summed E-state index contributed by atoms with van der Waals surface area (Å²) in [5, 5.41) is 0. The SMILES string of the molecule is CCc1c(N)c(=O)n(-c2cccc(C(F)(F)F)c2)n1CC. The van der Waals surface area contributed by atoms with Crippen LogP contribution in [0.15, 0.2) is 29.1 Å². The molecule has 0 radical (unpaired) electrons. The highest BCUT2D eigenvalue weighted by molar-refractivity contribution is 5.46. The van der Waals surface area contributed by atoms with Crippen LogP contribution in [0.4, 0.5) is 18.9 Å². The van der Waals surface area contributed by atoms with Gasteiger partial charge in [0.1, 0.15) is 5.69 Å². The summed E-state index contributed by atoms with van der Waals surface area (Å²) in [7, 11) is 0. The van der Waals surface area contributed by atoms with Crippen LogP contribution in [-0.2, 0) is 19.1 Å². The van der Waals surface area contributed by atoms with Gasteiger partial charge in [0.15, 0.2) is 0 Å². The molecular formula is C14H16F3N3O. The second kappa shape index (κ2) is 5.31. The fourth-order valence-electron chi connectivity index (χ4n) is 2.38. The van der Waals surface area contributed by atoms with Crippen molar-refractivity contribution in [2.75, 3.05) is 5.73 Å². The first-order valence-corrected chi connectivity index (χ1v) is 6.59. The van der Waals surface area contributed by atoms with Crippen molar-refractivity contribution in [3.05, 3.63) is 45.9 Å². The van der Waals surface area contributed by atoms with E-state index in [0.717, 1.165) is 12.1 Å². The number of benzene rings is 1. The van der Waals surface area contributed by atoms with Gasteiger partial charge in [-0.3, -0.25) is 9.48 Å². The van der Waals surface area contributed by atoms with Gasteiger partial charge in [-0.15, -0.1) is 0 Å². The maximum absolute atomic E-state index is 12.8. The third kappa shape index (κ3) is 2.55. The highest BCUT2D eigenvalue weighted by Gasteiger charge is 2.31. The molecule has 0 saturated heterocycles. The number of hydrogen-bond donors (Lipinski definition) is 1. The molecule has 21 heavy (non-hydrogen) atoms. The van der Waals surface area contributed by atoms with E-state index in [1.165, 1.54) is 16.8 Å². The Hall–Kier alpha value is -2.18. The minimum atomic E-state index is -4.46. The zero-order valence-corrected chi connectivity index (χ0v) is 11.7. The van der Waals surface area contributed by atoms with Gasteiger partial charge in [0.05, 0.1) is 16.9 Å². The van der Waals surface area contributed by atoms with Crippen molar-refractivity contribution in [1.29, 1.82) is 0 Å². The van der Waals surface area contributed by atoms with E-state index in [1.54, 1.807) is 4.68 Å². The van der Waals surface area contributed by atoms with E-state index in [1.807, 2.05) is 13.8 Å². The van der Waals surface area contributed by atoms with Crippen molar-refractivity contribution in [2.45, 2.75) is 33.0 Å². The quantitative estimate of drug-likeness (QED) is 0.947. The van der Waals surface area contributed by atoms with Crippen molar-refractivity contribution < 1.29 is 13.2 Å². The number of nitrogens with two attached hydrogens (primary N) is 1. The molecule has 1 aromatic heterocycles. The molecule has 1 aromatic carbocycles. The Morgan fingerprint density at radius 2 is 1.90 bits per heavy atom. The second-order valence-electron chi connectivity index (χ2n) is 4.59. The summed E-state index contributed by atoms with van der Waals surface area (Å²) in [5.41, 5.74) is 5.34. The van der Waals surface area contributed by atoms with E-state index >= 15 is 0 Å². The molecule has 0 spiro atoms. The molecule has 0 bridgehead atoms. The van der Waals surface area contributed by atoms with E-state index in [4.69, 9.17) is 5.73 Å². The molecule has 2 N–H and O–H groups in total. The summed E-state index contributed by atoms with van der Waals surface area (Å²) in [6, 6.07) is 4.66. The molecule has 0 saturated carbocycles. The molecule has 0 aliphatic rings. The van der Waals surface area contributed by atoms with Crippen LogP contribution >= 0.6 is 0 Å². The lowest BCUT2D eigenvalue weighted by Crippen LogP contribution is -2.22. The zero-order chi connectivity index (χ0) is 15.8. The maximum Gasteiger partial charge on any atom is 0.416 e. The first-order chi connectivity index (χ1) is 9.81. The Labute approximate surface area is 119 Å². The third-order valence-corrected chi connectivity index (χ3v) is 3.34. The Morgan fingerprint density at radius 1 is 1.24 bits per heavy atom. The molecule has 2 aromatic rings. The van der Waals surface area contributed by atoms with E-state index in [9.17, 15) is 18.0 Å². The van der Waals surface area contributed by atoms with Gasteiger partial charge in [0.2, 0.25) is 0 Å². The monoisotopic (exact) mass is 299 g/mol. The normalized spacial score (nSPS) is 11.9. The minimum absolute atomic E-state index is 0.0803. The van der Waals surface area contributed by atoms with Crippen LogP contribution in [0.2, 0.25) is 0 Å². The molecule has 7 heteroatoms. The van der Waals surface area contributed by atoms with Crippen LogP contribution in [0.1, 0.15) is 25.1 Å². The van der Waals surface area contributed by atoms with Gasteiger partial charge in [-0.2, -0.15) is 13.2 Å². The third-order valence-electron chi connectivity index (χ3n) is 3.34. The molecule has 114 valence electrons. The van der Waals surface area contributed by atoms with Crippen molar-refractivity contribution in [3.8, 4) is 5.69 Å². The van der Waals surface area contributed by atoms with Crippen molar-refractivity contribution in [3.63, 3.8) is 0 Å². The first kappa shape index (κ1) is 15.2. The lowest BCUT2D eigenvalue weighted by molar-refractivity contribution is -0.137. The minimum Gasteiger partial charge on any atom is -0.393 e. The Morgan fingerprint density at radius 3 is 2.43 bits per heavy atom. The van der Waals surface area contributed by atoms with Gasteiger partial charge in [-0.1, -0.05) is 13.0 Å². The molecule has 0 aliphatic carbocycles. The second-order valence-corrected chi connectivity index (χ2v) is 4.59.